The summed E-state index contributed by atoms with van der Waals surface area (Å²) in [5, 5.41) is 11.6. The molecule has 0 heterocycles. The molecule has 3 nitrogen and oxygen atoms in total. The molecule has 0 radical (unpaired) electrons. The molecule has 0 amide bonds. The molecule has 1 unspecified atom stereocenters. The summed E-state index contributed by atoms with van der Waals surface area (Å²) in [5.74, 6) is -1.50. The van der Waals surface area contributed by atoms with E-state index < -0.39 is 18.6 Å². The summed E-state index contributed by atoms with van der Waals surface area (Å²) in [6.45, 7) is -0.723. The molecule has 0 aliphatic rings. The first-order valence-corrected chi connectivity index (χ1v) is 4.73. The monoisotopic (exact) mass is 234 g/mol. The van der Waals surface area contributed by atoms with Crippen LogP contribution < -0.4 is 11.1 Å². The number of benzene rings is 1. The Bertz CT molecular complexity index is 324. The maximum Gasteiger partial charge on any atom is 0.394 e. The molecule has 6 heteroatoms. The predicted molar refractivity (Wildman–Crippen MR) is 55.2 cm³/mol. The first-order chi connectivity index (χ1) is 7.43. The molecule has 1 atom stereocenters. The van der Waals surface area contributed by atoms with Gasteiger partial charge in [0.1, 0.15) is 5.75 Å². The van der Waals surface area contributed by atoms with Crippen molar-refractivity contribution in [2.75, 3.05) is 18.4 Å². The van der Waals surface area contributed by atoms with E-state index in [0.29, 0.717) is 5.69 Å². The molecule has 0 saturated carbocycles. The molecule has 0 saturated heterocycles. The van der Waals surface area contributed by atoms with E-state index in [4.69, 9.17) is 10.8 Å². The first kappa shape index (κ1) is 12.6. The third kappa shape index (κ3) is 3.62. The van der Waals surface area contributed by atoms with E-state index in [1.54, 1.807) is 0 Å². The Labute approximate surface area is 91.1 Å². The fraction of sp³-hybridized carbons (Fsp3) is 0.400. The van der Waals surface area contributed by atoms with E-state index in [9.17, 15) is 13.2 Å². The Balaban J connectivity index is 2.53. The van der Waals surface area contributed by atoms with Crippen molar-refractivity contribution in [1.82, 2.24) is 0 Å². The third-order valence-electron chi connectivity index (χ3n) is 2.17. The van der Waals surface area contributed by atoms with E-state index in [1.165, 1.54) is 24.3 Å². The minimum atomic E-state index is -4.29. The van der Waals surface area contributed by atoms with E-state index in [-0.39, 0.29) is 12.3 Å². The van der Waals surface area contributed by atoms with Gasteiger partial charge < -0.3 is 16.2 Å². The van der Waals surface area contributed by atoms with Gasteiger partial charge in [0.15, 0.2) is 0 Å². The number of rotatable bonds is 4. The average molecular weight is 234 g/mol. The molecule has 1 rings (SSSR count). The smallest absolute Gasteiger partial charge is 0.394 e. The van der Waals surface area contributed by atoms with E-state index >= 15 is 0 Å². The Morgan fingerprint density at radius 1 is 1.25 bits per heavy atom. The van der Waals surface area contributed by atoms with Gasteiger partial charge in [-0.2, -0.15) is 13.2 Å². The molecule has 16 heavy (non-hydrogen) atoms. The zero-order chi connectivity index (χ0) is 12.2. The molecule has 0 spiro atoms. The number of nitrogens with two attached hydrogens (primary N) is 1. The summed E-state index contributed by atoms with van der Waals surface area (Å²) in [5.41, 5.74) is 5.56. The number of nitrogens with one attached hydrogen (secondary N) is 1. The second-order valence-corrected chi connectivity index (χ2v) is 3.40. The number of phenolic OH excluding ortho intramolecular Hbond substituents is 1. The van der Waals surface area contributed by atoms with Crippen molar-refractivity contribution in [3.63, 3.8) is 0 Å². The fourth-order valence-corrected chi connectivity index (χ4v) is 1.15. The van der Waals surface area contributed by atoms with Crippen molar-refractivity contribution in [1.29, 1.82) is 0 Å². The number of hydrogen-bond donors (Lipinski definition) is 3. The number of aromatic hydroxyl groups is 1. The van der Waals surface area contributed by atoms with Crippen molar-refractivity contribution in [2.24, 2.45) is 11.7 Å². The van der Waals surface area contributed by atoms with E-state index in [1.807, 2.05) is 0 Å². The van der Waals surface area contributed by atoms with E-state index in [2.05, 4.69) is 5.32 Å². The highest BCUT2D eigenvalue weighted by Gasteiger charge is 2.38. The van der Waals surface area contributed by atoms with Crippen LogP contribution in [0.3, 0.4) is 0 Å². The van der Waals surface area contributed by atoms with Crippen molar-refractivity contribution >= 4 is 5.69 Å². The van der Waals surface area contributed by atoms with Gasteiger partial charge in [-0.3, -0.25) is 0 Å². The average Bonchev–Trinajstić information content (AvgIpc) is 2.19. The first-order valence-electron chi connectivity index (χ1n) is 4.73. The largest absolute Gasteiger partial charge is 0.508 e. The molecule has 90 valence electrons. The highest BCUT2D eigenvalue weighted by Crippen LogP contribution is 2.25. The van der Waals surface area contributed by atoms with Gasteiger partial charge in [-0.15, -0.1) is 0 Å². The minimum Gasteiger partial charge on any atom is -0.508 e. The van der Waals surface area contributed by atoms with Crippen LogP contribution in [0.25, 0.3) is 0 Å². The van der Waals surface area contributed by atoms with Crippen LogP contribution in [-0.4, -0.2) is 24.4 Å². The summed E-state index contributed by atoms with van der Waals surface area (Å²) >= 11 is 0. The summed E-state index contributed by atoms with van der Waals surface area (Å²) in [6.07, 6.45) is -4.29. The Morgan fingerprint density at radius 3 is 2.25 bits per heavy atom. The summed E-state index contributed by atoms with van der Waals surface area (Å²) in [4.78, 5) is 0. The van der Waals surface area contributed by atoms with Gasteiger partial charge in [0.25, 0.3) is 0 Å². The standard InChI is InChI=1S/C10H13F3N2O/c11-10(12,13)7(5-14)6-15-8-1-3-9(16)4-2-8/h1-4,7,15-16H,5-6,14H2. The van der Waals surface area contributed by atoms with E-state index in [0.717, 1.165) is 0 Å². The number of phenols is 1. The molecular formula is C10H13F3N2O. The quantitative estimate of drug-likeness (QED) is 0.698. The Hall–Kier alpha value is -1.43. The van der Waals surface area contributed by atoms with Gasteiger partial charge in [0.2, 0.25) is 0 Å². The highest BCUT2D eigenvalue weighted by molar-refractivity contribution is 5.45. The van der Waals surface area contributed by atoms with Crippen LogP contribution in [0, 0.1) is 5.92 Å². The molecule has 4 N–H and O–H groups in total. The van der Waals surface area contributed by atoms with Crippen molar-refractivity contribution in [3.8, 4) is 5.75 Å². The lowest BCUT2D eigenvalue weighted by Crippen LogP contribution is -2.35. The maximum absolute atomic E-state index is 12.3. The van der Waals surface area contributed by atoms with Gasteiger partial charge in [-0.25, -0.2) is 0 Å². The van der Waals surface area contributed by atoms with Crippen molar-refractivity contribution in [3.05, 3.63) is 24.3 Å². The van der Waals surface area contributed by atoms with Crippen LogP contribution in [0.15, 0.2) is 24.3 Å². The molecule has 0 fully saturated rings. The van der Waals surface area contributed by atoms with Gasteiger partial charge in [0, 0.05) is 18.8 Å². The molecule has 1 aromatic rings. The molecule has 0 aromatic heterocycles. The van der Waals surface area contributed by atoms with Gasteiger partial charge >= 0.3 is 6.18 Å². The second kappa shape index (κ2) is 5.07. The summed E-state index contributed by atoms with van der Waals surface area (Å²) < 4.78 is 37.0. The SMILES string of the molecule is NCC(CNc1ccc(O)cc1)C(F)(F)F. The van der Waals surface area contributed by atoms with Crippen LogP contribution >= 0.6 is 0 Å². The Morgan fingerprint density at radius 2 is 1.81 bits per heavy atom. The van der Waals surface area contributed by atoms with Crippen LogP contribution in [0.4, 0.5) is 18.9 Å². The number of alkyl halides is 3. The summed E-state index contributed by atoms with van der Waals surface area (Å²) in [6, 6.07) is 5.79. The maximum atomic E-state index is 12.3. The van der Waals surface area contributed by atoms with Crippen LogP contribution in [-0.2, 0) is 0 Å². The topological polar surface area (TPSA) is 58.3 Å². The lowest BCUT2D eigenvalue weighted by atomic mass is 10.1. The van der Waals surface area contributed by atoms with Crippen molar-refractivity contribution < 1.29 is 18.3 Å². The molecule has 0 bridgehead atoms. The van der Waals surface area contributed by atoms with Crippen LogP contribution in [0.2, 0.25) is 0 Å². The number of halogens is 3. The van der Waals surface area contributed by atoms with Crippen LogP contribution in [0.5, 0.6) is 5.75 Å². The molecule has 0 aliphatic heterocycles. The van der Waals surface area contributed by atoms with Crippen molar-refractivity contribution in [2.45, 2.75) is 6.18 Å². The predicted octanol–water partition coefficient (Wildman–Crippen LogP) is 1.94. The lowest BCUT2D eigenvalue weighted by molar-refractivity contribution is -0.167. The fourth-order valence-electron chi connectivity index (χ4n) is 1.15. The Kier molecular flexibility index (Phi) is 4.00. The number of hydrogen-bond acceptors (Lipinski definition) is 3. The van der Waals surface area contributed by atoms with Gasteiger partial charge in [-0.05, 0) is 24.3 Å². The molecular weight excluding hydrogens is 221 g/mol. The normalized spacial score (nSPS) is 13.5. The molecule has 0 aliphatic carbocycles. The van der Waals surface area contributed by atoms with Crippen LogP contribution in [0.1, 0.15) is 0 Å². The lowest BCUT2D eigenvalue weighted by Gasteiger charge is -2.19. The minimum absolute atomic E-state index is 0.0664. The third-order valence-corrected chi connectivity index (χ3v) is 2.17. The highest BCUT2D eigenvalue weighted by atomic mass is 19.4. The molecule has 1 aromatic carbocycles. The zero-order valence-corrected chi connectivity index (χ0v) is 8.46. The zero-order valence-electron chi connectivity index (χ0n) is 8.46. The summed E-state index contributed by atoms with van der Waals surface area (Å²) in [7, 11) is 0. The second-order valence-electron chi connectivity index (χ2n) is 3.40. The van der Waals surface area contributed by atoms with Gasteiger partial charge in [0.05, 0.1) is 5.92 Å². The number of anilines is 1. The van der Waals surface area contributed by atoms with Gasteiger partial charge in [-0.1, -0.05) is 0 Å².